The predicted octanol–water partition coefficient (Wildman–Crippen LogP) is 1.43. The molecule has 1 saturated heterocycles. The second kappa shape index (κ2) is 8.19. The number of benzene rings is 2. The summed E-state index contributed by atoms with van der Waals surface area (Å²) < 4.78 is 23.5. The van der Waals surface area contributed by atoms with Crippen LogP contribution in [0.2, 0.25) is 0 Å². The van der Waals surface area contributed by atoms with E-state index >= 15 is 0 Å². The lowest BCUT2D eigenvalue weighted by atomic mass is 10.1. The summed E-state index contributed by atoms with van der Waals surface area (Å²) in [5, 5.41) is 0. The average molecular weight is 359 g/mol. The number of hydrogen-bond donors (Lipinski definition) is 1. The highest BCUT2D eigenvalue weighted by Crippen LogP contribution is 2.27. The largest absolute Gasteiger partial charge is 0.493 e. The highest BCUT2D eigenvalue weighted by molar-refractivity contribution is 5.97. The first-order chi connectivity index (χ1) is 12.6. The van der Waals surface area contributed by atoms with Gasteiger partial charge in [0.2, 0.25) is 5.78 Å². The van der Waals surface area contributed by atoms with Gasteiger partial charge in [-0.3, -0.25) is 4.79 Å². The van der Waals surface area contributed by atoms with Crippen LogP contribution in [0.25, 0.3) is 0 Å². The van der Waals surface area contributed by atoms with E-state index in [-0.39, 0.29) is 11.6 Å². The highest BCUT2D eigenvalue weighted by atomic mass is 19.1. The van der Waals surface area contributed by atoms with Gasteiger partial charge in [-0.15, -0.1) is 0 Å². The number of nitrogens with zero attached hydrogens (tertiary/aromatic N) is 1. The molecule has 0 aromatic heterocycles. The molecule has 1 aliphatic rings. The topological polar surface area (TPSA) is 43.2 Å². The van der Waals surface area contributed by atoms with Gasteiger partial charge in [0.15, 0.2) is 11.5 Å². The summed E-state index contributed by atoms with van der Waals surface area (Å²) in [6.07, 6.45) is 0. The molecule has 3 rings (SSSR count). The summed E-state index contributed by atoms with van der Waals surface area (Å²) in [7, 11) is 3.14. The third-order valence-corrected chi connectivity index (χ3v) is 4.78. The molecule has 0 atom stereocenters. The minimum absolute atomic E-state index is 0.0937. The number of Topliss-reactive ketones (excluding diaryl/α,β-unsaturated/α-hetero) is 1. The fourth-order valence-electron chi connectivity index (χ4n) is 3.25. The molecule has 26 heavy (non-hydrogen) atoms. The van der Waals surface area contributed by atoms with Gasteiger partial charge in [0.05, 0.1) is 40.4 Å². The lowest BCUT2D eigenvalue weighted by Gasteiger charge is -2.33. The molecule has 1 aliphatic heterocycles. The van der Waals surface area contributed by atoms with Crippen LogP contribution in [0.4, 0.5) is 10.1 Å². The number of carbonyl (C=O) groups excluding carboxylic acids is 1. The molecular formula is C20H24FN2O3+. The van der Waals surface area contributed by atoms with Crippen LogP contribution in [-0.2, 0) is 0 Å². The third kappa shape index (κ3) is 4.14. The summed E-state index contributed by atoms with van der Waals surface area (Å²) in [5.74, 6) is 1.05. The Morgan fingerprint density at radius 2 is 1.69 bits per heavy atom. The number of nitrogens with one attached hydrogen (secondary N) is 1. The maximum absolute atomic E-state index is 13.0. The van der Waals surface area contributed by atoms with E-state index in [1.165, 1.54) is 17.0 Å². The Bertz CT molecular complexity index is 756. The maximum Gasteiger partial charge on any atom is 0.217 e. The Morgan fingerprint density at radius 3 is 2.31 bits per heavy atom. The van der Waals surface area contributed by atoms with Gasteiger partial charge in [-0.2, -0.15) is 0 Å². The number of carbonyl (C=O) groups is 1. The van der Waals surface area contributed by atoms with Crippen molar-refractivity contribution < 1.29 is 23.6 Å². The van der Waals surface area contributed by atoms with E-state index in [4.69, 9.17) is 9.47 Å². The lowest BCUT2D eigenvalue weighted by Crippen LogP contribution is -3.15. The Balaban J connectivity index is 1.57. The first kappa shape index (κ1) is 18.2. The van der Waals surface area contributed by atoms with Gasteiger partial charge in [-0.05, 0) is 42.5 Å². The SMILES string of the molecule is COc1ccc(C(=O)C[NH+]2CCN(c3ccc(F)cc3)CC2)cc1OC. The summed E-state index contributed by atoms with van der Waals surface area (Å²) in [5.41, 5.74) is 1.66. The maximum atomic E-state index is 13.0. The molecule has 0 unspecified atom stereocenters. The number of hydrogen-bond acceptors (Lipinski definition) is 4. The normalized spacial score (nSPS) is 15.0. The summed E-state index contributed by atoms with van der Waals surface area (Å²) in [4.78, 5) is 16.1. The van der Waals surface area contributed by atoms with Crippen LogP contribution in [0.3, 0.4) is 0 Å². The Morgan fingerprint density at radius 1 is 1.04 bits per heavy atom. The lowest BCUT2D eigenvalue weighted by molar-refractivity contribution is -0.892. The van der Waals surface area contributed by atoms with Crippen LogP contribution in [0.5, 0.6) is 11.5 Å². The zero-order chi connectivity index (χ0) is 18.5. The molecule has 0 aliphatic carbocycles. The van der Waals surface area contributed by atoms with Crippen LogP contribution in [0, 0.1) is 5.82 Å². The molecule has 0 radical (unpaired) electrons. The Labute approximate surface area is 152 Å². The second-order valence-electron chi connectivity index (χ2n) is 6.38. The van der Waals surface area contributed by atoms with Crippen LogP contribution in [-0.4, -0.2) is 52.7 Å². The number of anilines is 1. The monoisotopic (exact) mass is 359 g/mol. The Hall–Kier alpha value is -2.60. The average Bonchev–Trinajstić information content (AvgIpc) is 2.68. The molecule has 0 saturated carbocycles. The van der Waals surface area contributed by atoms with Gasteiger partial charge in [-0.1, -0.05) is 0 Å². The van der Waals surface area contributed by atoms with Gasteiger partial charge in [0.1, 0.15) is 12.4 Å². The van der Waals surface area contributed by atoms with Gasteiger partial charge in [-0.25, -0.2) is 4.39 Å². The van der Waals surface area contributed by atoms with Crippen molar-refractivity contribution in [2.75, 3.05) is 51.8 Å². The third-order valence-electron chi connectivity index (χ3n) is 4.78. The van der Waals surface area contributed by atoms with E-state index in [9.17, 15) is 9.18 Å². The molecule has 6 heteroatoms. The van der Waals surface area contributed by atoms with Gasteiger partial charge < -0.3 is 19.3 Å². The summed E-state index contributed by atoms with van der Waals surface area (Å²) >= 11 is 0. The number of piperazine rings is 1. The fourth-order valence-corrected chi connectivity index (χ4v) is 3.25. The number of quaternary nitrogens is 1. The molecule has 0 spiro atoms. The summed E-state index contributed by atoms with van der Waals surface area (Å²) in [6, 6.07) is 11.8. The van der Waals surface area contributed by atoms with Crippen LogP contribution in [0.15, 0.2) is 42.5 Å². The van der Waals surface area contributed by atoms with Crippen LogP contribution >= 0.6 is 0 Å². The number of ether oxygens (including phenoxy) is 2. The van der Waals surface area contributed by atoms with E-state index < -0.39 is 0 Å². The van der Waals surface area contributed by atoms with Crippen molar-refractivity contribution in [1.82, 2.24) is 0 Å². The highest BCUT2D eigenvalue weighted by Gasteiger charge is 2.23. The molecule has 1 N–H and O–H groups in total. The van der Waals surface area contributed by atoms with Crippen molar-refractivity contribution in [3.63, 3.8) is 0 Å². The minimum Gasteiger partial charge on any atom is -0.493 e. The molecule has 0 bridgehead atoms. The fraction of sp³-hybridized carbons (Fsp3) is 0.350. The Kier molecular flexibility index (Phi) is 5.73. The van der Waals surface area contributed by atoms with Crippen molar-refractivity contribution in [2.24, 2.45) is 0 Å². The minimum atomic E-state index is -0.224. The number of ketones is 1. The van der Waals surface area contributed by atoms with Crippen molar-refractivity contribution in [3.8, 4) is 11.5 Å². The first-order valence-electron chi connectivity index (χ1n) is 8.70. The molecule has 2 aromatic carbocycles. The van der Waals surface area contributed by atoms with Gasteiger partial charge in [0, 0.05) is 11.3 Å². The van der Waals surface area contributed by atoms with E-state index in [0.29, 0.717) is 23.6 Å². The van der Waals surface area contributed by atoms with Gasteiger partial charge in [0.25, 0.3) is 0 Å². The van der Waals surface area contributed by atoms with E-state index in [1.807, 2.05) is 0 Å². The van der Waals surface area contributed by atoms with Crippen molar-refractivity contribution >= 4 is 11.5 Å². The predicted molar refractivity (Wildman–Crippen MR) is 98.1 cm³/mol. The van der Waals surface area contributed by atoms with E-state index in [0.717, 1.165) is 31.9 Å². The first-order valence-corrected chi connectivity index (χ1v) is 8.70. The zero-order valence-electron chi connectivity index (χ0n) is 15.1. The summed E-state index contributed by atoms with van der Waals surface area (Å²) in [6.45, 7) is 3.89. The number of rotatable bonds is 6. The number of halogens is 1. The standard InChI is InChI=1S/C20H23FN2O3/c1-25-19-8-3-15(13-20(19)26-2)18(24)14-22-9-11-23(12-10-22)17-6-4-16(21)5-7-17/h3-8,13H,9-12,14H2,1-2H3/p+1. The molecule has 138 valence electrons. The van der Waals surface area contributed by atoms with Crippen LogP contribution in [0.1, 0.15) is 10.4 Å². The van der Waals surface area contributed by atoms with Crippen LogP contribution < -0.4 is 19.3 Å². The van der Waals surface area contributed by atoms with E-state index in [1.54, 1.807) is 44.6 Å². The molecule has 5 nitrogen and oxygen atoms in total. The quantitative estimate of drug-likeness (QED) is 0.793. The zero-order valence-corrected chi connectivity index (χ0v) is 15.1. The molecule has 0 amide bonds. The smallest absolute Gasteiger partial charge is 0.217 e. The second-order valence-corrected chi connectivity index (χ2v) is 6.38. The van der Waals surface area contributed by atoms with Crippen molar-refractivity contribution in [3.05, 3.63) is 53.8 Å². The molecular weight excluding hydrogens is 335 g/mol. The molecule has 1 fully saturated rings. The number of methoxy groups -OCH3 is 2. The van der Waals surface area contributed by atoms with Crippen molar-refractivity contribution in [2.45, 2.75) is 0 Å². The van der Waals surface area contributed by atoms with Crippen molar-refractivity contribution in [1.29, 1.82) is 0 Å². The molecule has 1 heterocycles. The van der Waals surface area contributed by atoms with E-state index in [2.05, 4.69) is 4.90 Å². The molecule has 2 aromatic rings. The van der Waals surface area contributed by atoms with Gasteiger partial charge >= 0.3 is 0 Å².